The Kier molecular flexibility index (Phi) is 3.52. The zero-order chi connectivity index (χ0) is 12.4. The molecule has 17 heavy (non-hydrogen) atoms. The second-order valence-electron chi connectivity index (χ2n) is 4.39. The quantitative estimate of drug-likeness (QED) is 0.811. The molecule has 1 aromatic carbocycles. The van der Waals surface area contributed by atoms with Crippen LogP contribution in [0.25, 0.3) is 0 Å². The lowest BCUT2D eigenvalue weighted by Gasteiger charge is -2.12. The third-order valence-corrected chi connectivity index (χ3v) is 3.09. The van der Waals surface area contributed by atoms with E-state index in [2.05, 4.69) is 0 Å². The molecule has 92 valence electrons. The molecule has 4 heteroatoms. The maximum atomic E-state index is 13.0. The van der Waals surface area contributed by atoms with Crippen molar-refractivity contribution in [2.45, 2.75) is 25.9 Å². The van der Waals surface area contributed by atoms with Crippen LogP contribution in [0.5, 0.6) is 0 Å². The van der Waals surface area contributed by atoms with E-state index in [1.165, 1.54) is 12.1 Å². The Morgan fingerprint density at radius 3 is 2.53 bits per heavy atom. The van der Waals surface area contributed by atoms with Crippen LogP contribution in [0.1, 0.15) is 18.9 Å². The van der Waals surface area contributed by atoms with Crippen LogP contribution >= 0.6 is 0 Å². The van der Waals surface area contributed by atoms with Crippen LogP contribution < -0.4 is 0 Å². The maximum absolute atomic E-state index is 13.0. The van der Waals surface area contributed by atoms with Gasteiger partial charge in [-0.25, -0.2) is 8.78 Å². The minimum atomic E-state index is -0.650. The number of rotatable bonds is 3. The summed E-state index contributed by atoms with van der Waals surface area (Å²) in [5.41, 5.74) is 0.381. The topological polar surface area (TPSA) is 26.3 Å². The molecule has 0 radical (unpaired) electrons. The van der Waals surface area contributed by atoms with E-state index in [1.54, 1.807) is 0 Å². The lowest BCUT2D eigenvalue weighted by atomic mass is 9.93. The molecular weight excluding hydrogens is 226 g/mol. The van der Waals surface area contributed by atoms with Crippen LogP contribution in [-0.4, -0.2) is 18.5 Å². The number of carbonyl (C=O) groups is 1. The molecule has 0 bridgehead atoms. The number of benzene rings is 1. The maximum Gasteiger partial charge on any atom is 0.143 e. The van der Waals surface area contributed by atoms with Gasteiger partial charge in [0.25, 0.3) is 0 Å². The number of hydrogen-bond donors (Lipinski definition) is 0. The number of halogens is 2. The fourth-order valence-corrected chi connectivity index (χ4v) is 2.20. The molecule has 0 saturated carbocycles. The molecule has 0 spiro atoms. The fraction of sp³-hybridized carbons (Fsp3) is 0.462. The first-order valence-corrected chi connectivity index (χ1v) is 5.65. The molecule has 1 fully saturated rings. The molecule has 0 aromatic heterocycles. The zero-order valence-electron chi connectivity index (χ0n) is 9.58. The second-order valence-corrected chi connectivity index (χ2v) is 4.39. The second kappa shape index (κ2) is 4.92. The monoisotopic (exact) mass is 240 g/mol. The van der Waals surface area contributed by atoms with Crippen molar-refractivity contribution in [1.82, 2.24) is 0 Å². The lowest BCUT2D eigenvalue weighted by Crippen LogP contribution is -2.23. The molecule has 1 aliphatic heterocycles. The smallest absolute Gasteiger partial charge is 0.143 e. The Labute approximate surface area is 98.6 Å². The molecule has 0 amide bonds. The molecule has 1 aliphatic rings. The number of Topliss-reactive ketones (excluding diaryl/α,β-unsaturated/α-hetero) is 1. The van der Waals surface area contributed by atoms with Crippen molar-refractivity contribution in [3.8, 4) is 0 Å². The average molecular weight is 240 g/mol. The van der Waals surface area contributed by atoms with E-state index >= 15 is 0 Å². The lowest BCUT2D eigenvalue weighted by molar-refractivity contribution is -0.123. The number of ketones is 1. The molecule has 0 N–H and O–H groups in total. The predicted octanol–water partition coefficient (Wildman–Crippen LogP) is 2.50. The van der Waals surface area contributed by atoms with Crippen LogP contribution in [-0.2, 0) is 16.0 Å². The first kappa shape index (κ1) is 12.2. The average Bonchev–Trinajstić information content (AvgIpc) is 2.62. The normalized spacial score (nSPS) is 23.9. The molecule has 2 unspecified atom stereocenters. The first-order valence-electron chi connectivity index (χ1n) is 5.65. The van der Waals surface area contributed by atoms with Gasteiger partial charge in [0, 0.05) is 25.0 Å². The standard InChI is InChI=1S/C13H14F2O2/c1-8-12(2-3-17-8)13(16)6-9-4-10(14)7-11(15)5-9/h4-5,7-8,12H,2-3,6H2,1H3. The summed E-state index contributed by atoms with van der Waals surface area (Å²) in [6.45, 7) is 2.43. The number of hydrogen-bond acceptors (Lipinski definition) is 2. The highest BCUT2D eigenvalue weighted by atomic mass is 19.1. The van der Waals surface area contributed by atoms with Gasteiger partial charge in [-0.3, -0.25) is 4.79 Å². The van der Waals surface area contributed by atoms with Crippen molar-refractivity contribution in [3.05, 3.63) is 35.4 Å². The summed E-state index contributed by atoms with van der Waals surface area (Å²) >= 11 is 0. The van der Waals surface area contributed by atoms with Crippen LogP contribution in [0, 0.1) is 17.6 Å². The Hall–Kier alpha value is -1.29. The van der Waals surface area contributed by atoms with E-state index in [-0.39, 0.29) is 24.2 Å². The Morgan fingerprint density at radius 2 is 2.00 bits per heavy atom. The van der Waals surface area contributed by atoms with E-state index in [9.17, 15) is 13.6 Å². The third kappa shape index (κ3) is 2.88. The van der Waals surface area contributed by atoms with Gasteiger partial charge < -0.3 is 4.74 Å². The van der Waals surface area contributed by atoms with Gasteiger partial charge in [0.05, 0.1) is 6.10 Å². The van der Waals surface area contributed by atoms with Crippen LogP contribution in [0.2, 0.25) is 0 Å². The highest BCUT2D eigenvalue weighted by molar-refractivity contribution is 5.84. The molecular formula is C13H14F2O2. The number of carbonyl (C=O) groups excluding carboxylic acids is 1. The molecule has 1 heterocycles. The van der Waals surface area contributed by atoms with E-state index in [1.807, 2.05) is 6.92 Å². The van der Waals surface area contributed by atoms with E-state index in [0.29, 0.717) is 18.6 Å². The van der Waals surface area contributed by atoms with Crippen molar-refractivity contribution in [2.75, 3.05) is 6.61 Å². The molecule has 0 aliphatic carbocycles. The van der Waals surface area contributed by atoms with Gasteiger partial charge in [0.2, 0.25) is 0 Å². The van der Waals surface area contributed by atoms with Crippen LogP contribution in [0.3, 0.4) is 0 Å². The van der Waals surface area contributed by atoms with Gasteiger partial charge in [-0.2, -0.15) is 0 Å². The first-order chi connectivity index (χ1) is 8.06. The summed E-state index contributed by atoms with van der Waals surface area (Å²) < 4.78 is 31.2. The SMILES string of the molecule is CC1OCCC1C(=O)Cc1cc(F)cc(F)c1. The summed E-state index contributed by atoms with van der Waals surface area (Å²) in [5, 5.41) is 0. The van der Waals surface area contributed by atoms with Gasteiger partial charge in [-0.15, -0.1) is 0 Å². The summed E-state index contributed by atoms with van der Waals surface area (Å²) in [5.74, 6) is -1.46. The highest BCUT2D eigenvalue weighted by Crippen LogP contribution is 2.23. The van der Waals surface area contributed by atoms with Gasteiger partial charge >= 0.3 is 0 Å². The predicted molar refractivity (Wildman–Crippen MR) is 58.6 cm³/mol. The molecule has 2 nitrogen and oxygen atoms in total. The van der Waals surface area contributed by atoms with Crippen molar-refractivity contribution < 1.29 is 18.3 Å². The summed E-state index contributed by atoms with van der Waals surface area (Å²) in [6, 6.07) is 3.19. The zero-order valence-corrected chi connectivity index (χ0v) is 9.58. The van der Waals surface area contributed by atoms with E-state index in [4.69, 9.17) is 4.74 Å². The summed E-state index contributed by atoms with van der Waals surface area (Å²) in [6.07, 6.45) is 0.658. The minimum absolute atomic E-state index is 0.0139. The Balaban J connectivity index is 2.07. The van der Waals surface area contributed by atoms with Gasteiger partial charge in [0.1, 0.15) is 17.4 Å². The minimum Gasteiger partial charge on any atom is -0.378 e. The highest BCUT2D eigenvalue weighted by Gasteiger charge is 2.30. The Bertz CT molecular complexity index is 411. The molecule has 2 atom stereocenters. The van der Waals surface area contributed by atoms with Gasteiger partial charge in [-0.05, 0) is 31.0 Å². The van der Waals surface area contributed by atoms with Crippen LogP contribution in [0.4, 0.5) is 8.78 Å². The van der Waals surface area contributed by atoms with Gasteiger partial charge in [0.15, 0.2) is 0 Å². The van der Waals surface area contributed by atoms with E-state index < -0.39 is 11.6 Å². The van der Waals surface area contributed by atoms with Crippen molar-refractivity contribution in [3.63, 3.8) is 0 Å². The molecule has 1 aromatic rings. The number of ether oxygens (including phenoxy) is 1. The molecule has 2 rings (SSSR count). The molecule has 1 saturated heterocycles. The largest absolute Gasteiger partial charge is 0.378 e. The third-order valence-electron chi connectivity index (χ3n) is 3.09. The Morgan fingerprint density at radius 1 is 1.35 bits per heavy atom. The summed E-state index contributed by atoms with van der Waals surface area (Å²) in [7, 11) is 0. The fourth-order valence-electron chi connectivity index (χ4n) is 2.20. The van der Waals surface area contributed by atoms with E-state index in [0.717, 1.165) is 6.07 Å². The van der Waals surface area contributed by atoms with Crippen molar-refractivity contribution >= 4 is 5.78 Å². The van der Waals surface area contributed by atoms with Crippen LogP contribution in [0.15, 0.2) is 18.2 Å². The van der Waals surface area contributed by atoms with Crippen molar-refractivity contribution in [2.24, 2.45) is 5.92 Å². The summed E-state index contributed by atoms with van der Waals surface area (Å²) in [4.78, 5) is 11.9. The van der Waals surface area contributed by atoms with Crippen molar-refractivity contribution in [1.29, 1.82) is 0 Å². The van der Waals surface area contributed by atoms with Gasteiger partial charge in [-0.1, -0.05) is 0 Å².